The minimum absolute atomic E-state index is 0.0558. The first-order valence-corrected chi connectivity index (χ1v) is 6.98. The number of rotatable bonds is 5. The Kier molecular flexibility index (Phi) is 5.30. The van der Waals surface area contributed by atoms with Crippen LogP contribution in [-0.4, -0.2) is 25.5 Å². The van der Waals surface area contributed by atoms with Crippen LogP contribution in [0.15, 0.2) is 42.5 Å². The molecule has 0 atom stereocenters. The van der Waals surface area contributed by atoms with Crippen LogP contribution in [0.2, 0.25) is 0 Å². The van der Waals surface area contributed by atoms with Gasteiger partial charge < -0.3 is 15.4 Å². The zero-order valence-electron chi connectivity index (χ0n) is 12.9. The Labute approximate surface area is 133 Å². The number of amides is 1. The van der Waals surface area contributed by atoms with Crippen LogP contribution in [0.3, 0.4) is 0 Å². The molecule has 2 N–H and O–H groups in total. The van der Waals surface area contributed by atoms with Gasteiger partial charge in [0.1, 0.15) is 5.82 Å². The van der Waals surface area contributed by atoms with Crippen molar-refractivity contribution in [2.75, 3.05) is 24.3 Å². The number of para-hydroxylation sites is 1. The maximum absolute atomic E-state index is 13.5. The van der Waals surface area contributed by atoms with Crippen LogP contribution in [-0.2, 0) is 9.53 Å². The van der Waals surface area contributed by atoms with Crippen molar-refractivity contribution < 1.29 is 18.7 Å². The molecule has 0 saturated carbocycles. The molecule has 1 amide bonds. The first kappa shape index (κ1) is 16.5. The number of anilines is 2. The monoisotopic (exact) mass is 316 g/mol. The summed E-state index contributed by atoms with van der Waals surface area (Å²) in [4.78, 5) is 23.4. The lowest BCUT2D eigenvalue weighted by atomic mass is 10.1. The van der Waals surface area contributed by atoms with Gasteiger partial charge in [0.2, 0.25) is 5.91 Å². The number of nitrogens with one attached hydrogen (secondary N) is 2. The molecule has 5 nitrogen and oxygen atoms in total. The summed E-state index contributed by atoms with van der Waals surface area (Å²) in [6.45, 7) is 1.79. The first-order chi connectivity index (χ1) is 11.0. The van der Waals surface area contributed by atoms with Gasteiger partial charge in [-0.2, -0.15) is 0 Å². The van der Waals surface area contributed by atoms with Crippen molar-refractivity contribution in [2.24, 2.45) is 0 Å². The molecule has 2 aromatic carbocycles. The predicted molar refractivity (Wildman–Crippen MR) is 86.0 cm³/mol. The molecule has 0 radical (unpaired) electrons. The Balaban J connectivity index is 2.01. The Morgan fingerprint density at radius 3 is 2.57 bits per heavy atom. The number of esters is 1. The molecular weight excluding hydrogens is 299 g/mol. The van der Waals surface area contributed by atoms with E-state index < -0.39 is 17.7 Å². The van der Waals surface area contributed by atoms with E-state index in [9.17, 15) is 14.0 Å². The second-order valence-corrected chi connectivity index (χ2v) is 4.90. The molecule has 0 unspecified atom stereocenters. The van der Waals surface area contributed by atoms with E-state index in [0.29, 0.717) is 11.3 Å². The van der Waals surface area contributed by atoms with Gasteiger partial charge in [0, 0.05) is 5.69 Å². The minimum atomic E-state index is -0.496. The molecule has 120 valence electrons. The van der Waals surface area contributed by atoms with E-state index in [1.165, 1.54) is 19.2 Å². The number of carbonyl (C=O) groups is 2. The molecule has 0 aliphatic heterocycles. The third-order valence-corrected chi connectivity index (χ3v) is 3.25. The van der Waals surface area contributed by atoms with Gasteiger partial charge in [-0.25, -0.2) is 9.18 Å². The van der Waals surface area contributed by atoms with E-state index >= 15 is 0 Å². The number of benzene rings is 2. The number of hydrogen-bond donors (Lipinski definition) is 2. The summed E-state index contributed by atoms with van der Waals surface area (Å²) in [5.41, 5.74) is 2.02. The van der Waals surface area contributed by atoms with E-state index in [0.717, 1.165) is 5.56 Å². The molecule has 0 aromatic heterocycles. The van der Waals surface area contributed by atoms with Crippen molar-refractivity contribution in [1.29, 1.82) is 0 Å². The number of aryl methyl sites for hydroxylation is 1. The summed E-state index contributed by atoms with van der Waals surface area (Å²) >= 11 is 0. The quantitative estimate of drug-likeness (QED) is 0.832. The average Bonchev–Trinajstić information content (AvgIpc) is 2.55. The Hall–Kier alpha value is -2.89. The van der Waals surface area contributed by atoms with Crippen LogP contribution in [0, 0.1) is 12.7 Å². The van der Waals surface area contributed by atoms with Crippen molar-refractivity contribution in [1.82, 2.24) is 0 Å². The largest absolute Gasteiger partial charge is 0.465 e. The number of methoxy groups -OCH3 is 1. The van der Waals surface area contributed by atoms with E-state index in [2.05, 4.69) is 15.4 Å². The second kappa shape index (κ2) is 7.40. The van der Waals surface area contributed by atoms with Crippen molar-refractivity contribution in [3.63, 3.8) is 0 Å². The highest BCUT2D eigenvalue weighted by molar-refractivity contribution is 5.94. The molecule has 0 aliphatic rings. The van der Waals surface area contributed by atoms with Gasteiger partial charge in [0.25, 0.3) is 0 Å². The summed E-state index contributed by atoms with van der Waals surface area (Å²) in [5.74, 6) is -1.34. The van der Waals surface area contributed by atoms with Crippen molar-refractivity contribution in [3.8, 4) is 0 Å². The third-order valence-electron chi connectivity index (χ3n) is 3.25. The molecule has 6 heteroatoms. The molecular formula is C17H17FN2O3. The maximum Gasteiger partial charge on any atom is 0.337 e. The molecule has 23 heavy (non-hydrogen) atoms. The van der Waals surface area contributed by atoms with Crippen LogP contribution in [0.25, 0.3) is 0 Å². The van der Waals surface area contributed by atoms with E-state index in [1.54, 1.807) is 30.3 Å². The van der Waals surface area contributed by atoms with Gasteiger partial charge in [0.05, 0.1) is 24.9 Å². The summed E-state index contributed by atoms with van der Waals surface area (Å²) < 4.78 is 18.1. The standard InChI is InChI=1S/C17H17FN2O3/c1-11-7-8-12(17(22)23-2)9-15(11)19-10-16(21)20-14-6-4-3-5-13(14)18/h3-9,19H,10H2,1-2H3,(H,20,21). The molecule has 0 aliphatic carbocycles. The fourth-order valence-corrected chi connectivity index (χ4v) is 1.99. The lowest BCUT2D eigenvalue weighted by Gasteiger charge is -2.11. The van der Waals surface area contributed by atoms with Crippen LogP contribution in [0.4, 0.5) is 15.8 Å². The van der Waals surface area contributed by atoms with Crippen LogP contribution >= 0.6 is 0 Å². The Morgan fingerprint density at radius 1 is 1.13 bits per heavy atom. The van der Waals surface area contributed by atoms with E-state index in [4.69, 9.17) is 0 Å². The molecule has 2 aromatic rings. The van der Waals surface area contributed by atoms with Crippen LogP contribution < -0.4 is 10.6 Å². The predicted octanol–water partition coefficient (Wildman–Crippen LogP) is 2.97. The number of halogens is 1. The van der Waals surface area contributed by atoms with Gasteiger partial charge in [-0.1, -0.05) is 18.2 Å². The Morgan fingerprint density at radius 2 is 1.87 bits per heavy atom. The minimum Gasteiger partial charge on any atom is -0.465 e. The molecule has 0 fully saturated rings. The van der Waals surface area contributed by atoms with Gasteiger partial charge >= 0.3 is 5.97 Å². The fourth-order valence-electron chi connectivity index (χ4n) is 1.99. The first-order valence-electron chi connectivity index (χ1n) is 6.98. The summed E-state index contributed by atoms with van der Waals surface area (Å²) in [5, 5.41) is 5.41. The van der Waals surface area contributed by atoms with Crippen LogP contribution in [0.5, 0.6) is 0 Å². The van der Waals surface area contributed by atoms with Gasteiger partial charge in [-0.05, 0) is 36.8 Å². The smallest absolute Gasteiger partial charge is 0.337 e. The molecule has 0 saturated heterocycles. The fraction of sp³-hybridized carbons (Fsp3) is 0.176. The number of ether oxygens (including phenoxy) is 1. The highest BCUT2D eigenvalue weighted by Crippen LogP contribution is 2.17. The molecule has 0 heterocycles. The highest BCUT2D eigenvalue weighted by atomic mass is 19.1. The Bertz CT molecular complexity index is 732. The normalized spacial score (nSPS) is 10.0. The van der Waals surface area contributed by atoms with Crippen molar-refractivity contribution >= 4 is 23.3 Å². The van der Waals surface area contributed by atoms with Crippen LogP contribution in [0.1, 0.15) is 15.9 Å². The summed E-state index contributed by atoms with van der Waals surface area (Å²) in [6.07, 6.45) is 0. The topological polar surface area (TPSA) is 67.4 Å². The lowest BCUT2D eigenvalue weighted by Crippen LogP contribution is -2.22. The number of hydrogen-bond acceptors (Lipinski definition) is 4. The van der Waals surface area contributed by atoms with Gasteiger partial charge in [-0.3, -0.25) is 4.79 Å². The second-order valence-electron chi connectivity index (χ2n) is 4.90. The van der Waals surface area contributed by atoms with Gasteiger partial charge in [-0.15, -0.1) is 0 Å². The summed E-state index contributed by atoms with van der Waals surface area (Å²) in [7, 11) is 1.30. The van der Waals surface area contributed by atoms with Crippen molar-refractivity contribution in [2.45, 2.75) is 6.92 Å². The number of carbonyl (C=O) groups excluding carboxylic acids is 2. The summed E-state index contributed by atoms with van der Waals surface area (Å²) in [6, 6.07) is 10.9. The van der Waals surface area contributed by atoms with Gasteiger partial charge in [0.15, 0.2) is 0 Å². The zero-order valence-corrected chi connectivity index (χ0v) is 12.9. The lowest BCUT2D eigenvalue weighted by molar-refractivity contribution is -0.114. The highest BCUT2D eigenvalue weighted by Gasteiger charge is 2.10. The van der Waals surface area contributed by atoms with Crippen molar-refractivity contribution in [3.05, 3.63) is 59.4 Å². The zero-order chi connectivity index (χ0) is 16.8. The average molecular weight is 316 g/mol. The molecule has 2 rings (SSSR count). The SMILES string of the molecule is COC(=O)c1ccc(C)c(NCC(=O)Nc2ccccc2F)c1. The maximum atomic E-state index is 13.5. The molecule has 0 spiro atoms. The van der Waals surface area contributed by atoms with E-state index in [1.807, 2.05) is 6.92 Å². The molecule has 0 bridgehead atoms. The third kappa shape index (κ3) is 4.29. The van der Waals surface area contributed by atoms with E-state index in [-0.39, 0.29) is 12.2 Å².